The van der Waals surface area contributed by atoms with E-state index in [1.807, 2.05) is 0 Å². The Morgan fingerprint density at radius 3 is 2.44 bits per heavy atom. The van der Waals surface area contributed by atoms with Crippen LogP contribution < -0.4 is 10.5 Å². The predicted octanol–water partition coefficient (Wildman–Crippen LogP) is 0.840. The maximum atomic E-state index is 11.1. The van der Waals surface area contributed by atoms with E-state index in [1.165, 1.54) is 25.0 Å². The molecule has 100 valence electrons. The standard InChI is InChI=1S/C12H19N3O2S/c1-15(11-4-5-11)9-8-14-10-2-6-12(7-3-10)18(13,16)17/h2-3,6-7,11,14H,4-5,8-9H2,1H3,(H2,13,16,17). The molecule has 6 heteroatoms. The van der Waals surface area contributed by atoms with Crippen molar-refractivity contribution in [3.05, 3.63) is 24.3 Å². The molecule has 1 saturated carbocycles. The molecule has 0 spiro atoms. The lowest BCUT2D eigenvalue weighted by Gasteiger charge is -2.16. The molecule has 1 aromatic rings. The van der Waals surface area contributed by atoms with Crippen molar-refractivity contribution in [2.45, 2.75) is 23.8 Å². The highest BCUT2D eigenvalue weighted by Gasteiger charge is 2.25. The second kappa shape index (κ2) is 5.26. The molecule has 1 fully saturated rings. The summed E-state index contributed by atoms with van der Waals surface area (Å²) >= 11 is 0. The van der Waals surface area contributed by atoms with Crippen molar-refractivity contribution < 1.29 is 8.42 Å². The highest BCUT2D eigenvalue weighted by Crippen LogP contribution is 2.24. The summed E-state index contributed by atoms with van der Waals surface area (Å²) in [6, 6.07) is 7.26. The van der Waals surface area contributed by atoms with Gasteiger partial charge < -0.3 is 10.2 Å². The predicted molar refractivity (Wildman–Crippen MR) is 72.0 cm³/mol. The number of nitrogens with two attached hydrogens (primary N) is 1. The third-order valence-corrected chi connectivity index (χ3v) is 4.08. The van der Waals surface area contributed by atoms with Crippen LogP contribution in [0.1, 0.15) is 12.8 Å². The van der Waals surface area contributed by atoms with Crippen LogP contribution in [-0.4, -0.2) is 39.5 Å². The summed E-state index contributed by atoms with van der Waals surface area (Å²) in [5.74, 6) is 0. The molecule has 1 aromatic carbocycles. The molecule has 0 saturated heterocycles. The fourth-order valence-electron chi connectivity index (χ4n) is 1.84. The van der Waals surface area contributed by atoms with Gasteiger partial charge in [-0.1, -0.05) is 0 Å². The smallest absolute Gasteiger partial charge is 0.238 e. The van der Waals surface area contributed by atoms with Gasteiger partial charge in [0, 0.05) is 24.8 Å². The number of anilines is 1. The molecule has 1 aliphatic carbocycles. The van der Waals surface area contributed by atoms with Crippen LogP contribution in [0, 0.1) is 0 Å². The minimum Gasteiger partial charge on any atom is -0.384 e. The van der Waals surface area contributed by atoms with Gasteiger partial charge in [0.05, 0.1) is 4.90 Å². The van der Waals surface area contributed by atoms with Crippen molar-refractivity contribution in [1.82, 2.24) is 4.90 Å². The quantitative estimate of drug-likeness (QED) is 0.802. The minimum atomic E-state index is -3.59. The maximum Gasteiger partial charge on any atom is 0.238 e. The normalized spacial score (nSPS) is 15.9. The van der Waals surface area contributed by atoms with Gasteiger partial charge in [-0.2, -0.15) is 0 Å². The summed E-state index contributed by atoms with van der Waals surface area (Å²) in [7, 11) is -1.46. The number of benzene rings is 1. The van der Waals surface area contributed by atoms with Crippen LogP contribution in [0.3, 0.4) is 0 Å². The first-order valence-corrected chi connectivity index (χ1v) is 7.58. The summed E-state index contributed by atoms with van der Waals surface area (Å²) < 4.78 is 22.2. The number of hydrogen-bond acceptors (Lipinski definition) is 4. The lowest BCUT2D eigenvalue weighted by molar-refractivity contribution is 0.337. The number of sulfonamides is 1. The van der Waals surface area contributed by atoms with E-state index >= 15 is 0 Å². The monoisotopic (exact) mass is 269 g/mol. The van der Waals surface area contributed by atoms with Crippen molar-refractivity contribution >= 4 is 15.7 Å². The van der Waals surface area contributed by atoms with Crippen LogP contribution in [0.25, 0.3) is 0 Å². The van der Waals surface area contributed by atoms with Gasteiger partial charge in [-0.15, -0.1) is 0 Å². The summed E-state index contributed by atoms with van der Waals surface area (Å²) in [5.41, 5.74) is 0.909. The van der Waals surface area contributed by atoms with Crippen LogP contribution in [0.4, 0.5) is 5.69 Å². The van der Waals surface area contributed by atoms with Crippen LogP contribution in [0.5, 0.6) is 0 Å². The van der Waals surface area contributed by atoms with E-state index in [4.69, 9.17) is 5.14 Å². The maximum absolute atomic E-state index is 11.1. The van der Waals surface area contributed by atoms with Crippen molar-refractivity contribution in [1.29, 1.82) is 0 Å². The van der Waals surface area contributed by atoms with E-state index in [9.17, 15) is 8.42 Å². The van der Waals surface area contributed by atoms with Gasteiger partial charge in [-0.25, -0.2) is 13.6 Å². The third kappa shape index (κ3) is 3.69. The van der Waals surface area contributed by atoms with E-state index in [0.29, 0.717) is 0 Å². The molecule has 3 N–H and O–H groups in total. The summed E-state index contributed by atoms with van der Waals surface area (Å²) in [6.07, 6.45) is 2.61. The Bertz CT molecular complexity index is 495. The number of rotatable bonds is 6. The van der Waals surface area contributed by atoms with Crippen molar-refractivity contribution in [3.8, 4) is 0 Å². The largest absolute Gasteiger partial charge is 0.384 e. The Balaban J connectivity index is 1.82. The van der Waals surface area contributed by atoms with E-state index in [-0.39, 0.29) is 4.90 Å². The highest BCUT2D eigenvalue weighted by atomic mass is 32.2. The Morgan fingerprint density at radius 1 is 1.33 bits per heavy atom. The average Bonchev–Trinajstić information content (AvgIpc) is 3.12. The lowest BCUT2D eigenvalue weighted by atomic mass is 10.3. The zero-order valence-corrected chi connectivity index (χ0v) is 11.3. The van der Waals surface area contributed by atoms with Gasteiger partial charge in [0.15, 0.2) is 0 Å². The Kier molecular flexibility index (Phi) is 3.89. The molecule has 0 atom stereocenters. The first-order chi connectivity index (χ1) is 8.47. The van der Waals surface area contributed by atoms with Gasteiger partial charge in [0.25, 0.3) is 0 Å². The molecule has 18 heavy (non-hydrogen) atoms. The first kappa shape index (κ1) is 13.3. The number of primary sulfonamides is 1. The highest BCUT2D eigenvalue weighted by molar-refractivity contribution is 7.89. The summed E-state index contributed by atoms with van der Waals surface area (Å²) in [4.78, 5) is 2.48. The Hall–Kier alpha value is -1.11. The first-order valence-electron chi connectivity index (χ1n) is 6.04. The molecule has 0 heterocycles. The minimum absolute atomic E-state index is 0.142. The number of likely N-dealkylation sites (N-methyl/N-ethyl adjacent to an activating group) is 1. The van der Waals surface area contributed by atoms with Gasteiger partial charge in [0.1, 0.15) is 0 Å². The number of nitrogens with zero attached hydrogens (tertiary/aromatic N) is 1. The summed E-state index contributed by atoms with van der Waals surface area (Å²) in [6.45, 7) is 1.84. The molecule has 0 radical (unpaired) electrons. The molecule has 5 nitrogen and oxygen atoms in total. The molecule has 1 aliphatic rings. The molecular formula is C12H19N3O2S. The second-order valence-corrected chi connectivity index (χ2v) is 6.27. The average molecular weight is 269 g/mol. The van der Waals surface area contributed by atoms with E-state index in [1.54, 1.807) is 12.1 Å². The van der Waals surface area contributed by atoms with Crippen molar-refractivity contribution in [2.24, 2.45) is 5.14 Å². The number of nitrogens with one attached hydrogen (secondary N) is 1. The van der Waals surface area contributed by atoms with Gasteiger partial charge in [0.2, 0.25) is 10.0 Å². The Labute approximate surface area is 108 Å². The van der Waals surface area contributed by atoms with Gasteiger partial charge in [-0.05, 0) is 44.2 Å². The van der Waals surface area contributed by atoms with Crippen molar-refractivity contribution in [2.75, 3.05) is 25.5 Å². The van der Waals surface area contributed by atoms with Gasteiger partial charge in [-0.3, -0.25) is 0 Å². The summed E-state index contributed by atoms with van der Waals surface area (Å²) in [5, 5.41) is 8.29. The molecule has 0 unspecified atom stereocenters. The fourth-order valence-corrected chi connectivity index (χ4v) is 2.35. The number of hydrogen-bond donors (Lipinski definition) is 2. The van der Waals surface area contributed by atoms with E-state index < -0.39 is 10.0 Å². The molecular weight excluding hydrogens is 250 g/mol. The SMILES string of the molecule is CN(CCNc1ccc(S(N)(=O)=O)cc1)C1CC1. The third-order valence-electron chi connectivity index (χ3n) is 3.15. The topological polar surface area (TPSA) is 75.4 Å². The van der Waals surface area contributed by atoms with Crippen LogP contribution in [0.2, 0.25) is 0 Å². The molecule has 0 bridgehead atoms. The van der Waals surface area contributed by atoms with Crippen LogP contribution in [-0.2, 0) is 10.0 Å². The molecule has 0 aromatic heterocycles. The molecule has 2 rings (SSSR count). The van der Waals surface area contributed by atoms with E-state index in [2.05, 4.69) is 17.3 Å². The Morgan fingerprint density at radius 2 is 1.94 bits per heavy atom. The molecule has 0 aliphatic heterocycles. The van der Waals surface area contributed by atoms with Crippen molar-refractivity contribution in [3.63, 3.8) is 0 Å². The van der Waals surface area contributed by atoms with Gasteiger partial charge >= 0.3 is 0 Å². The molecule has 0 amide bonds. The zero-order valence-electron chi connectivity index (χ0n) is 10.5. The van der Waals surface area contributed by atoms with E-state index in [0.717, 1.165) is 24.8 Å². The lowest BCUT2D eigenvalue weighted by Crippen LogP contribution is -2.27. The fraction of sp³-hybridized carbons (Fsp3) is 0.500. The van der Waals surface area contributed by atoms with Crippen LogP contribution >= 0.6 is 0 Å². The van der Waals surface area contributed by atoms with Crippen LogP contribution in [0.15, 0.2) is 29.2 Å². The zero-order chi connectivity index (χ0) is 13.2. The second-order valence-electron chi connectivity index (χ2n) is 4.71.